The lowest BCUT2D eigenvalue weighted by Gasteiger charge is -2.23. The molecule has 1 unspecified atom stereocenters. The van der Waals surface area contributed by atoms with Crippen molar-refractivity contribution in [1.82, 2.24) is 24.9 Å². The van der Waals surface area contributed by atoms with Crippen molar-refractivity contribution < 1.29 is 0 Å². The summed E-state index contributed by atoms with van der Waals surface area (Å²) in [5, 5.41) is 12.2. The number of aromatic nitrogens is 4. The molecule has 2 heterocycles. The molecule has 0 amide bonds. The maximum atomic E-state index is 4.38. The van der Waals surface area contributed by atoms with Crippen molar-refractivity contribution in [3.05, 3.63) is 35.4 Å². The van der Waals surface area contributed by atoms with Crippen LogP contribution in [0.25, 0.3) is 0 Å². The normalized spacial score (nSPS) is 18.5. The van der Waals surface area contributed by atoms with Crippen LogP contribution in [0.4, 0.5) is 0 Å². The zero-order valence-electron chi connectivity index (χ0n) is 11.6. The van der Waals surface area contributed by atoms with E-state index in [0.717, 1.165) is 19.4 Å². The minimum Gasteiger partial charge on any atom is -0.309 e. The van der Waals surface area contributed by atoms with Crippen molar-refractivity contribution in [1.29, 1.82) is 0 Å². The summed E-state index contributed by atoms with van der Waals surface area (Å²) in [5.74, 6) is 0. The molecular weight excluding hydrogens is 238 g/mol. The van der Waals surface area contributed by atoms with E-state index < -0.39 is 0 Å². The largest absolute Gasteiger partial charge is 0.309 e. The second kappa shape index (κ2) is 5.17. The van der Waals surface area contributed by atoms with Gasteiger partial charge in [-0.25, -0.2) is 0 Å². The highest BCUT2D eigenvalue weighted by Crippen LogP contribution is 2.28. The third kappa shape index (κ3) is 2.42. The van der Waals surface area contributed by atoms with E-state index in [-0.39, 0.29) is 0 Å². The van der Waals surface area contributed by atoms with Gasteiger partial charge in [-0.2, -0.15) is 10.2 Å². The van der Waals surface area contributed by atoms with Crippen LogP contribution in [-0.2, 0) is 26.9 Å². The Balaban J connectivity index is 1.61. The van der Waals surface area contributed by atoms with Gasteiger partial charge in [-0.15, -0.1) is 0 Å². The summed E-state index contributed by atoms with van der Waals surface area (Å²) >= 11 is 0. The molecular formula is C14H21N5. The Labute approximate surface area is 113 Å². The Bertz CT molecular complexity index is 554. The lowest BCUT2D eigenvalue weighted by atomic mass is 9.93. The van der Waals surface area contributed by atoms with Gasteiger partial charge in [0.2, 0.25) is 0 Å². The van der Waals surface area contributed by atoms with Gasteiger partial charge in [0.15, 0.2) is 0 Å². The van der Waals surface area contributed by atoms with Crippen molar-refractivity contribution in [2.45, 2.75) is 31.7 Å². The van der Waals surface area contributed by atoms with Gasteiger partial charge < -0.3 is 5.32 Å². The molecule has 1 N–H and O–H groups in total. The molecule has 0 aliphatic heterocycles. The summed E-state index contributed by atoms with van der Waals surface area (Å²) in [5.41, 5.74) is 4.05. The second-order valence-electron chi connectivity index (χ2n) is 5.27. The SMILES string of the molecule is Cn1nccc1CCNC1CCCc2c1cnn2C. The lowest BCUT2D eigenvalue weighted by molar-refractivity contribution is 0.453. The Kier molecular flexibility index (Phi) is 3.38. The third-order valence-corrected chi connectivity index (χ3v) is 4.07. The molecule has 5 heteroatoms. The predicted molar refractivity (Wildman–Crippen MR) is 73.8 cm³/mol. The van der Waals surface area contributed by atoms with E-state index in [9.17, 15) is 0 Å². The van der Waals surface area contributed by atoms with E-state index >= 15 is 0 Å². The highest BCUT2D eigenvalue weighted by Gasteiger charge is 2.22. The topological polar surface area (TPSA) is 47.7 Å². The first-order valence-electron chi connectivity index (χ1n) is 6.96. The van der Waals surface area contributed by atoms with Crippen LogP contribution in [0.3, 0.4) is 0 Å². The van der Waals surface area contributed by atoms with Crippen molar-refractivity contribution in [3.8, 4) is 0 Å². The molecule has 2 aromatic rings. The Morgan fingerprint density at radius 2 is 2.21 bits per heavy atom. The van der Waals surface area contributed by atoms with Crippen LogP contribution in [0.5, 0.6) is 0 Å². The predicted octanol–water partition coefficient (Wildman–Crippen LogP) is 1.36. The molecule has 0 spiro atoms. The Morgan fingerprint density at radius 1 is 1.32 bits per heavy atom. The highest BCUT2D eigenvalue weighted by atomic mass is 15.3. The van der Waals surface area contributed by atoms with Crippen molar-refractivity contribution >= 4 is 0 Å². The van der Waals surface area contributed by atoms with E-state index in [4.69, 9.17) is 0 Å². The third-order valence-electron chi connectivity index (χ3n) is 4.07. The van der Waals surface area contributed by atoms with E-state index in [2.05, 4.69) is 21.6 Å². The van der Waals surface area contributed by atoms with Crippen LogP contribution >= 0.6 is 0 Å². The fourth-order valence-corrected chi connectivity index (χ4v) is 2.94. The van der Waals surface area contributed by atoms with Gasteiger partial charge in [0, 0.05) is 56.3 Å². The molecule has 1 aliphatic carbocycles. The van der Waals surface area contributed by atoms with E-state index in [0.29, 0.717) is 6.04 Å². The molecule has 0 saturated heterocycles. The first-order chi connectivity index (χ1) is 9.25. The van der Waals surface area contributed by atoms with Crippen LogP contribution in [0.2, 0.25) is 0 Å². The number of rotatable bonds is 4. The molecule has 0 bridgehead atoms. The number of hydrogen-bond acceptors (Lipinski definition) is 3. The standard InChI is InChI=1S/C14H21N5/c1-18-11(7-9-16-18)6-8-15-13-4-3-5-14-12(13)10-17-19(14)2/h7,9-10,13,15H,3-6,8H2,1-2H3. The summed E-state index contributed by atoms with van der Waals surface area (Å²) in [6, 6.07) is 2.54. The first-order valence-corrected chi connectivity index (χ1v) is 6.96. The molecule has 0 aromatic carbocycles. The zero-order chi connectivity index (χ0) is 13.2. The molecule has 19 heavy (non-hydrogen) atoms. The van der Waals surface area contributed by atoms with Crippen molar-refractivity contribution in [2.24, 2.45) is 14.1 Å². The van der Waals surface area contributed by atoms with Crippen LogP contribution < -0.4 is 5.32 Å². The number of nitrogens with zero attached hydrogens (tertiary/aromatic N) is 4. The van der Waals surface area contributed by atoms with Gasteiger partial charge in [-0.3, -0.25) is 9.36 Å². The quantitative estimate of drug-likeness (QED) is 0.902. The smallest absolute Gasteiger partial charge is 0.0540 e. The molecule has 3 rings (SSSR count). The number of aryl methyl sites for hydroxylation is 2. The van der Waals surface area contributed by atoms with Gasteiger partial charge in [0.05, 0.1) is 6.20 Å². The average molecular weight is 259 g/mol. The molecule has 102 valence electrons. The summed E-state index contributed by atoms with van der Waals surface area (Å²) < 4.78 is 3.96. The van der Waals surface area contributed by atoms with E-state index in [1.807, 2.05) is 35.9 Å². The van der Waals surface area contributed by atoms with E-state index in [1.54, 1.807) is 0 Å². The number of hydrogen-bond donors (Lipinski definition) is 1. The molecule has 5 nitrogen and oxygen atoms in total. The second-order valence-corrected chi connectivity index (χ2v) is 5.27. The van der Waals surface area contributed by atoms with Crippen LogP contribution in [0.15, 0.2) is 18.5 Å². The van der Waals surface area contributed by atoms with Crippen molar-refractivity contribution in [2.75, 3.05) is 6.54 Å². The van der Waals surface area contributed by atoms with Gasteiger partial charge in [0.1, 0.15) is 0 Å². The minimum atomic E-state index is 0.464. The van der Waals surface area contributed by atoms with Gasteiger partial charge in [-0.05, 0) is 25.3 Å². The Hall–Kier alpha value is -1.62. The van der Waals surface area contributed by atoms with Gasteiger partial charge in [0.25, 0.3) is 0 Å². The van der Waals surface area contributed by atoms with Crippen molar-refractivity contribution in [3.63, 3.8) is 0 Å². The maximum absolute atomic E-state index is 4.38. The minimum absolute atomic E-state index is 0.464. The van der Waals surface area contributed by atoms with Gasteiger partial charge >= 0.3 is 0 Å². The Morgan fingerprint density at radius 3 is 3.00 bits per heavy atom. The molecule has 1 aliphatic rings. The molecule has 0 saturated carbocycles. The fourth-order valence-electron chi connectivity index (χ4n) is 2.94. The molecule has 0 fully saturated rings. The first kappa shape index (κ1) is 12.4. The van der Waals surface area contributed by atoms with Gasteiger partial charge in [-0.1, -0.05) is 0 Å². The number of fused-ring (bicyclic) bond motifs is 1. The van der Waals surface area contributed by atoms with Crippen LogP contribution in [0.1, 0.15) is 35.8 Å². The lowest BCUT2D eigenvalue weighted by Crippen LogP contribution is -2.27. The van der Waals surface area contributed by atoms with Crippen LogP contribution in [-0.4, -0.2) is 26.1 Å². The maximum Gasteiger partial charge on any atom is 0.0540 e. The summed E-state index contributed by atoms with van der Waals surface area (Å²) in [6.45, 7) is 0.985. The summed E-state index contributed by atoms with van der Waals surface area (Å²) in [6.07, 6.45) is 8.51. The summed E-state index contributed by atoms with van der Waals surface area (Å²) in [4.78, 5) is 0. The monoisotopic (exact) mass is 259 g/mol. The molecule has 0 radical (unpaired) electrons. The zero-order valence-corrected chi connectivity index (χ0v) is 11.6. The highest BCUT2D eigenvalue weighted by molar-refractivity contribution is 5.24. The van der Waals surface area contributed by atoms with Crippen LogP contribution in [0, 0.1) is 0 Å². The molecule has 2 aromatic heterocycles. The number of nitrogens with one attached hydrogen (secondary N) is 1. The van der Waals surface area contributed by atoms with E-state index in [1.165, 1.54) is 29.8 Å². The average Bonchev–Trinajstić information content (AvgIpc) is 2.98. The molecule has 1 atom stereocenters. The summed E-state index contributed by atoms with van der Waals surface area (Å²) in [7, 11) is 4.03. The fraction of sp³-hybridized carbons (Fsp3) is 0.571.